The molecule has 1 fully saturated rings. The number of ether oxygens (including phenoxy) is 1. The summed E-state index contributed by atoms with van der Waals surface area (Å²) in [5.74, 6) is -0.452. The van der Waals surface area contributed by atoms with Gasteiger partial charge in [0.25, 0.3) is 0 Å². The average molecular weight is 223 g/mol. The van der Waals surface area contributed by atoms with Crippen LogP contribution in [0.4, 0.5) is 5.95 Å². The number of methoxy groups -OCH3 is 1. The van der Waals surface area contributed by atoms with Gasteiger partial charge in [0.1, 0.15) is 0 Å². The number of aromatic carboxylic acids is 1. The lowest BCUT2D eigenvalue weighted by molar-refractivity contribution is 0.0696. The van der Waals surface area contributed by atoms with Crippen molar-refractivity contribution in [2.75, 3.05) is 25.1 Å². The molecule has 0 radical (unpaired) electrons. The minimum absolute atomic E-state index is 0.103. The molecule has 1 aliphatic heterocycles. The second-order valence-electron chi connectivity index (χ2n) is 3.67. The van der Waals surface area contributed by atoms with Crippen LogP contribution in [0.5, 0.6) is 0 Å². The van der Waals surface area contributed by atoms with Crippen molar-refractivity contribution in [3.05, 3.63) is 18.0 Å². The van der Waals surface area contributed by atoms with Crippen molar-refractivity contribution < 1.29 is 14.6 Å². The monoisotopic (exact) mass is 223 g/mol. The van der Waals surface area contributed by atoms with E-state index < -0.39 is 5.97 Å². The maximum atomic E-state index is 10.6. The molecule has 0 spiro atoms. The molecule has 1 atom stereocenters. The molecule has 0 aromatic carbocycles. The van der Waals surface area contributed by atoms with Crippen LogP contribution in [0.3, 0.4) is 0 Å². The van der Waals surface area contributed by atoms with Gasteiger partial charge in [0, 0.05) is 32.6 Å². The molecule has 0 aliphatic carbocycles. The van der Waals surface area contributed by atoms with Crippen molar-refractivity contribution in [2.24, 2.45) is 0 Å². The van der Waals surface area contributed by atoms with Crippen molar-refractivity contribution in [3.8, 4) is 0 Å². The van der Waals surface area contributed by atoms with Crippen LogP contribution >= 0.6 is 0 Å². The van der Waals surface area contributed by atoms with Crippen molar-refractivity contribution in [1.29, 1.82) is 0 Å². The van der Waals surface area contributed by atoms with Gasteiger partial charge in [0.05, 0.1) is 11.7 Å². The summed E-state index contributed by atoms with van der Waals surface area (Å²) in [4.78, 5) is 20.7. The Bertz CT molecular complexity index is 379. The van der Waals surface area contributed by atoms with Gasteiger partial charge < -0.3 is 14.7 Å². The van der Waals surface area contributed by atoms with Gasteiger partial charge in [-0.15, -0.1) is 0 Å². The van der Waals surface area contributed by atoms with E-state index in [1.54, 1.807) is 7.11 Å². The lowest BCUT2D eigenvalue weighted by Crippen LogP contribution is -2.24. The van der Waals surface area contributed by atoms with E-state index >= 15 is 0 Å². The Kier molecular flexibility index (Phi) is 3.00. The molecule has 1 aliphatic rings. The van der Waals surface area contributed by atoms with Gasteiger partial charge in [0.15, 0.2) is 0 Å². The smallest absolute Gasteiger partial charge is 0.338 e. The minimum Gasteiger partial charge on any atom is -0.478 e. The van der Waals surface area contributed by atoms with E-state index in [9.17, 15) is 4.79 Å². The second kappa shape index (κ2) is 4.44. The summed E-state index contributed by atoms with van der Waals surface area (Å²) >= 11 is 0. The fourth-order valence-corrected chi connectivity index (χ4v) is 1.70. The first kappa shape index (κ1) is 10.8. The average Bonchev–Trinajstić information content (AvgIpc) is 2.77. The van der Waals surface area contributed by atoms with Crippen LogP contribution < -0.4 is 4.90 Å². The highest BCUT2D eigenvalue weighted by Crippen LogP contribution is 2.17. The number of aromatic nitrogens is 2. The number of rotatable bonds is 3. The molecular weight excluding hydrogens is 210 g/mol. The molecule has 86 valence electrons. The summed E-state index contributed by atoms with van der Waals surface area (Å²) in [7, 11) is 1.68. The maximum absolute atomic E-state index is 10.6. The molecule has 0 saturated carbocycles. The fourth-order valence-electron chi connectivity index (χ4n) is 1.70. The Hall–Kier alpha value is -1.69. The topological polar surface area (TPSA) is 75.5 Å². The predicted octanol–water partition coefficient (Wildman–Crippen LogP) is 0.400. The van der Waals surface area contributed by atoms with Gasteiger partial charge in [-0.05, 0) is 6.42 Å². The zero-order valence-electron chi connectivity index (χ0n) is 8.96. The largest absolute Gasteiger partial charge is 0.478 e. The minimum atomic E-state index is -1.01. The van der Waals surface area contributed by atoms with E-state index in [0.29, 0.717) is 5.95 Å². The van der Waals surface area contributed by atoms with E-state index in [1.807, 2.05) is 4.90 Å². The highest BCUT2D eigenvalue weighted by Gasteiger charge is 2.23. The van der Waals surface area contributed by atoms with Gasteiger partial charge >= 0.3 is 5.97 Å². The first-order valence-corrected chi connectivity index (χ1v) is 5.04. The molecule has 1 aromatic rings. The Morgan fingerprint density at radius 3 is 2.75 bits per heavy atom. The number of hydrogen-bond donors (Lipinski definition) is 1. The van der Waals surface area contributed by atoms with Gasteiger partial charge in [-0.2, -0.15) is 0 Å². The lowest BCUT2D eigenvalue weighted by Gasteiger charge is -2.15. The summed E-state index contributed by atoms with van der Waals surface area (Å²) in [6.45, 7) is 1.59. The second-order valence-corrected chi connectivity index (χ2v) is 3.67. The number of carboxylic acids is 1. The molecule has 2 heterocycles. The van der Waals surface area contributed by atoms with Crippen molar-refractivity contribution >= 4 is 11.9 Å². The quantitative estimate of drug-likeness (QED) is 0.799. The summed E-state index contributed by atoms with van der Waals surface area (Å²) in [5, 5.41) is 8.71. The Balaban J connectivity index is 2.08. The molecule has 6 heteroatoms. The summed E-state index contributed by atoms with van der Waals surface area (Å²) in [6, 6.07) is 0. The standard InChI is InChI=1S/C10H13N3O3/c1-16-8-2-3-13(6-8)10-11-4-7(5-12-10)9(14)15/h4-5,8H,2-3,6H2,1H3,(H,14,15). The summed E-state index contributed by atoms with van der Waals surface area (Å²) in [6.07, 6.45) is 3.80. The van der Waals surface area contributed by atoms with Crippen LogP contribution in [-0.4, -0.2) is 47.3 Å². The van der Waals surface area contributed by atoms with Gasteiger partial charge in [0.2, 0.25) is 5.95 Å². The number of carbonyl (C=O) groups is 1. The lowest BCUT2D eigenvalue weighted by atomic mass is 10.3. The molecule has 1 aromatic heterocycles. The maximum Gasteiger partial charge on any atom is 0.338 e. The highest BCUT2D eigenvalue weighted by atomic mass is 16.5. The molecule has 6 nitrogen and oxygen atoms in total. The third-order valence-corrected chi connectivity index (χ3v) is 2.65. The predicted molar refractivity (Wildman–Crippen MR) is 56.6 cm³/mol. The van der Waals surface area contributed by atoms with Gasteiger partial charge in [-0.3, -0.25) is 0 Å². The van der Waals surface area contributed by atoms with E-state index in [2.05, 4.69) is 9.97 Å². The van der Waals surface area contributed by atoms with Crippen LogP contribution in [-0.2, 0) is 4.74 Å². The number of hydrogen-bond acceptors (Lipinski definition) is 5. The van der Waals surface area contributed by atoms with Crippen LogP contribution in [0, 0.1) is 0 Å². The van der Waals surface area contributed by atoms with Gasteiger partial charge in [-0.1, -0.05) is 0 Å². The summed E-state index contributed by atoms with van der Waals surface area (Å²) < 4.78 is 5.23. The molecule has 1 saturated heterocycles. The molecule has 1 N–H and O–H groups in total. The molecule has 0 bridgehead atoms. The Morgan fingerprint density at radius 1 is 1.56 bits per heavy atom. The van der Waals surface area contributed by atoms with Crippen LogP contribution in [0.25, 0.3) is 0 Å². The van der Waals surface area contributed by atoms with E-state index in [0.717, 1.165) is 19.5 Å². The zero-order valence-corrected chi connectivity index (χ0v) is 8.96. The molecule has 16 heavy (non-hydrogen) atoms. The Morgan fingerprint density at radius 2 is 2.25 bits per heavy atom. The normalized spacial score (nSPS) is 20.1. The number of nitrogens with zero attached hydrogens (tertiary/aromatic N) is 3. The number of carboxylic acid groups (broad SMARTS) is 1. The van der Waals surface area contributed by atoms with E-state index in [4.69, 9.17) is 9.84 Å². The van der Waals surface area contributed by atoms with E-state index in [-0.39, 0.29) is 11.7 Å². The third kappa shape index (κ3) is 2.11. The van der Waals surface area contributed by atoms with Crippen LogP contribution in [0.1, 0.15) is 16.8 Å². The van der Waals surface area contributed by atoms with Crippen molar-refractivity contribution in [1.82, 2.24) is 9.97 Å². The molecule has 2 rings (SSSR count). The SMILES string of the molecule is COC1CCN(c2ncc(C(=O)O)cn2)C1. The highest BCUT2D eigenvalue weighted by molar-refractivity contribution is 5.86. The van der Waals surface area contributed by atoms with Gasteiger partial charge in [-0.25, -0.2) is 14.8 Å². The van der Waals surface area contributed by atoms with E-state index in [1.165, 1.54) is 12.4 Å². The fraction of sp³-hybridized carbons (Fsp3) is 0.500. The third-order valence-electron chi connectivity index (χ3n) is 2.65. The summed E-state index contributed by atoms with van der Waals surface area (Å²) in [5.41, 5.74) is 0.103. The van der Waals surface area contributed by atoms with Crippen LogP contribution in [0.15, 0.2) is 12.4 Å². The first-order chi connectivity index (χ1) is 7.70. The van der Waals surface area contributed by atoms with Crippen molar-refractivity contribution in [3.63, 3.8) is 0 Å². The molecule has 1 unspecified atom stereocenters. The van der Waals surface area contributed by atoms with Crippen LogP contribution in [0.2, 0.25) is 0 Å². The zero-order chi connectivity index (χ0) is 11.5. The number of anilines is 1. The molecular formula is C10H13N3O3. The first-order valence-electron chi connectivity index (χ1n) is 5.04. The Labute approximate surface area is 92.9 Å². The van der Waals surface area contributed by atoms with Crippen molar-refractivity contribution in [2.45, 2.75) is 12.5 Å². The molecule has 0 amide bonds.